The molecule has 0 aliphatic heterocycles. The lowest BCUT2D eigenvalue weighted by molar-refractivity contribution is 0.352. The van der Waals surface area contributed by atoms with Crippen molar-refractivity contribution in [2.45, 2.75) is 25.7 Å². The molecule has 0 amide bonds. The number of nitrogens with one attached hydrogen (secondary N) is 2. The molecule has 34 heavy (non-hydrogen) atoms. The number of benzene rings is 1. The van der Waals surface area contributed by atoms with Crippen LogP contribution in [0, 0.1) is 11.8 Å². The first kappa shape index (κ1) is 22.3. The lowest BCUT2D eigenvalue weighted by Gasteiger charge is -2.20. The minimum Gasteiger partial charge on any atom is -0.496 e. The molecule has 2 heterocycles. The fourth-order valence-corrected chi connectivity index (χ4v) is 4.11. The van der Waals surface area contributed by atoms with E-state index in [0.29, 0.717) is 17.2 Å². The maximum atomic E-state index is 5.86. The van der Waals surface area contributed by atoms with Gasteiger partial charge >= 0.3 is 0 Å². The van der Waals surface area contributed by atoms with Crippen LogP contribution in [-0.2, 0) is 0 Å². The van der Waals surface area contributed by atoms with Gasteiger partial charge in [-0.15, -0.1) is 0 Å². The molecule has 2 aliphatic carbocycles. The smallest absolute Gasteiger partial charge is 0.172 e. The van der Waals surface area contributed by atoms with E-state index in [1.165, 1.54) is 25.7 Å². The van der Waals surface area contributed by atoms with E-state index in [1.54, 1.807) is 21.3 Å². The van der Waals surface area contributed by atoms with Crippen LogP contribution in [0.15, 0.2) is 42.7 Å². The van der Waals surface area contributed by atoms with Gasteiger partial charge in [-0.25, -0.2) is 9.97 Å². The Morgan fingerprint density at radius 3 is 1.74 bits per heavy atom. The first-order valence-corrected chi connectivity index (χ1v) is 11.9. The van der Waals surface area contributed by atoms with E-state index in [4.69, 9.17) is 14.2 Å². The molecule has 0 radical (unpaired) electrons. The van der Waals surface area contributed by atoms with Crippen molar-refractivity contribution in [2.75, 3.05) is 45.1 Å². The molecule has 1 aromatic carbocycles. The van der Waals surface area contributed by atoms with Crippen LogP contribution in [0.2, 0.25) is 0 Å². The lowest BCUT2D eigenvalue weighted by Crippen LogP contribution is -2.05. The van der Waals surface area contributed by atoms with Crippen molar-refractivity contribution >= 4 is 11.6 Å². The minimum atomic E-state index is 0.605. The van der Waals surface area contributed by atoms with Gasteiger partial charge in [-0.05, 0) is 67.9 Å². The second-order valence-corrected chi connectivity index (χ2v) is 9.08. The highest BCUT2D eigenvalue weighted by Crippen LogP contribution is 2.50. The van der Waals surface area contributed by atoms with E-state index in [1.807, 2.05) is 42.7 Å². The van der Waals surface area contributed by atoms with E-state index in [9.17, 15) is 0 Å². The van der Waals surface area contributed by atoms with Gasteiger partial charge in [0, 0.05) is 42.2 Å². The maximum absolute atomic E-state index is 5.86. The Kier molecular flexibility index (Phi) is 6.43. The summed E-state index contributed by atoms with van der Waals surface area (Å²) in [6.45, 7) is 1.96. The first-order valence-electron chi connectivity index (χ1n) is 11.9. The molecule has 2 N–H and O–H groups in total. The highest BCUT2D eigenvalue weighted by Gasteiger charge is 2.24. The number of ether oxygens (including phenoxy) is 3. The summed E-state index contributed by atoms with van der Waals surface area (Å²) in [6.07, 6.45) is 8.93. The standard InChI is InChI=1S/C27H32N4O3/c1-32-22-12-21(19-8-10-23(30-15-19)28-13-17-4-5-17)26(33-2)27(34-3)25(22)20-9-11-24(31-16-20)29-14-18-6-7-18/h8-12,15-18H,4-7,13-14H2,1-3H3,(H,28,30)(H,29,31). The molecule has 0 saturated heterocycles. The molecule has 0 unspecified atom stereocenters. The topological polar surface area (TPSA) is 77.5 Å². The zero-order valence-corrected chi connectivity index (χ0v) is 20.1. The first-order chi connectivity index (χ1) is 16.7. The van der Waals surface area contributed by atoms with Crippen LogP contribution >= 0.6 is 0 Å². The number of rotatable bonds is 11. The van der Waals surface area contributed by atoms with E-state index in [0.717, 1.165) is 58.8 Å². The SMILES string of the molecule is COc1cc(-c2ccc(NCC3CC3)nc2)c(OC)c(OC)c1-c1ccc(NCC2CC2)nc1. The Labute approximate surface area is 200 Å². The maximum Gasteiger partial charge on any atom is 0.172 e. The van der Waals surface area contributed by atoms with Crippen molar-refractivity contribution in [3.8, 4) is 39.5 Å². The van der Waals surface area contributed by atoms with Gasteiger partial charge < -0.3 is 24.8 Å². The number of anilines is 2. The molecular formula is C27H32N4O3. The molecule has 2 aromatic heterocycles. The van der Waals surface area contributed by atoms with Crippen molar-refractivity contribution in [1.82, 2.24) is 9.97 Å². The Morgan fingerprint density at radius 2 is 1.29 bits per heavy atom. The number of hydrogen-bond donors (Lipinski definition) is 2. The highest BCUT2D eigenvalue weighted by molar-refractivity contribution is 5.87. The Hall–Kier alpha value is -3.48. The molecule has 0 bridgehead atoms. The average Bonchev–Trinajstić information content (AvgIpc) is 3.81. The second kappa shape index (κ2) is 9.79. The van der Waals surface area contributed by atoms with E-state index in [-0.39, 0.29) is 0 Å². The summed E-state index contributed by atoms with van der Waals surface area (Å²) in [5.74, 6) is 5.26. The summed E-state index contributed by atoms with van der Waals surface area (Å²) in [6, 6.07) is 10.0. The van der Waals surface area contributed by atoms with Gasteiger partial charge in [0.15, 0.2) is 11.5 Å². The van der Waals surface area contributed by atoms with Crippen molar-refractivity contribution in [2.24, 2.45) is 11.8 Å². The molecule has 2 fully saturated rings. The molecule has 7 heteroatoms. The van der Waals surface area contributed by atoms with Crippen LogP contribution < -0.4 is 24.8 Å². The molecule has 178 valence electrons. The largest absolute Gasteiger partial charge is 0.496 e. The highest BCUT2D eigenvalue weighted by atomic mass is 16.5. The summed E-state index contributed by atoms with van der Waals surface area (Å²) < 4.78 is 17.5. The minimum absolute atomic E-state index is 0.605. The third-order valence-corrected chi connectivity index (χ3v) is 6.49. The summed E-state index contributed by atoms with van der Waals surface area (Å²) in [7, 11) is 4.96. The van der Waals surface area contributed by atoms with E-state index in [2.05, 4.69) is 20.6 Å². The molecule has 0 atom stereocenters. The number of nitrogens with zero attached hydrogens (tertiary/aromatic N) is 2. The summed E-state index contributed by atoms with van der Waals surface area (Å²) in [5.41, 5.74) is 3.49. The summed E-state index contributed by atoms with van der Waals surface area (Å²) in [4.78, 5) is 9.21. The van der Waals surface area contributed by atoms with Crippen LogP contribution in [0.3, 0.4) is 0 Å². The normalized spacial score (nSPS) is 15.0. The van der Waals surface area contributed by atoms with Gasteiger partial charge in [-0.2, -0.15) is 0 Å². The third-order valence-electron chi connectivity index (χ3n) is 6.49. The molecule has 2 saturated carbocycles. The van der Waals surface area contributed by atoms with Crippen molar-refractivity contribution in [3.63, 3.8) is 0 Å². The molecule has 2 aliphatic rings. The predicted octanol–water partition coefficient (Wildman–Crippen LogP) is 5.48. The second-order valence-electron chi connectivity index (χ2n) is 9.08. The van der Waals surface area contributed by atoms with Gasteiger partial charge in [-0.3, -0.25) is 0 Å². The fraction of sp³-hybridized carbons (Fsp3) is 0.407. The zero-order chi connectivity index (χ0) is 23.5. The van der Waals surface area contributed by atoms with Gasteiger partial charge in [0.2, 0.25) is 0 Å². The van der Waals surface area contributed by atoms with E-state index >= 15 is 0 Å². The van der Waals surface area contributed by atoms with Crippen molar-refractivity contribution < 1.29 is 14.2 Å². The Balaban J connectivity index is 1.47. The quantitative estimate of drug-likeness (QED) is 0.392. The fourth-order valence-electron chi connectivity index (χ4n) is 4.11. The molecule has 5 rings (SSSR count). The van der Waals surface area contributed by atoms with Gasteiger partial charge in [-0.1, -0.05) is 0 Å². The van der Waals surface area contributed by atoms with Crippen LogP contribution in [0.4, 0.5) is 11.6 Å². The number of methoxy groups -OCH3 is 3. The van der Waals surface area contributed by atoms with Gasteiger partial charge in [0.1, 0.15) is 17.4 Å². The summed E-state index contributed by atoms with van der Waals surface area (Å²) in [5, 5.41) is 6.82. The number of aromatic nitrogens is 2. The zero-order valence-electron chi connectivity index (χ0n) is 20.1. The van der Waals surface area contributed by atoms with Gasteiger partial charge in [0.05, 0.1) is 26.9 Å². The Morgan fingerprint density at radius 1 is 0.735 bits per heavy atom. The lowest BCUT2D eigenvalue weighted by atomic mass is 9.98. The molecule has 0 spiro atoms. The van der Waals surface area contributed by atoms with Crippen LogP contribution in [0.5, 0.6) is 17.2 Å². The predicted molar refractivity (Wildman–Crippen MR) is 135 cm³/mol. The van der Waals surface area contributed by atoms with Crippen molar-refractivity contribution in [3.05, 3.63) is 42.7 Å². The molecule has 3 aromatic rings. The van der Waals surface area contributed by atoms with E-state index < -0.39 is 0 Å². The Bertz CT molecular complexity index is 1120. The number of pyridine rings is 2. The molecule has 7 nitrogen and oxygen atoms in total. The monoisotopic (exact) mass is 460 g/mol. The molecular weight excluding hydrogens is 428 g/mol. The third kappa shape index (κ3) is 4.88. The van der Waals surface area contributed by atoms with Crippen LogP contribution in [0.1, 0.15) is 25.7 Å². The average molecular weight is 461 g/mol. The van der Waals surface area contributed by atoms with Crippen molar-refractivity contribution in [1.29, 1.82) is 0 Å². The van der Waals surface area contributed by atoms with Gasteiger partial charge in [0.25, 0.3) is 0 Å². The number of hydrogen-bond acceptors (Lipinski definition) is 7. The van der Waals surface area contributed by atoms with Crippen LogP contribution in [0.25, 0.3) is 22.3 Å². The van der Waals surface area contributed by atoms with Crippen LogP contribution in [-0.4, -0.2) is 44.4 Å². The summed E-state index contributed by atoms with van der Waals surface area (Å²) >= 11 is 0.